The van der Waals surface area contributed by atoms with Crippen molar-refractivity contribution < 1.29 is 15.0 Å². The SMILES string of the molecule is CC(C)(O)CCc1cccc(C(=O)N2C[C@@H](O)[C@H](N3CCCCC3)C2)c1. The van der Waals surface area contributed by atoms with E-state index in [9.17, 15) is 15.0 Å². The molecule has 1 amide bonds. The quantitative estimate of drug-likeness (QED) is 0.844. The van der Waals surface area contributed by atoms with Crippen molar-refractivity contribution in [2.45, 2.75) is 63.7 Å². The number of carbonyl (C=O) groups excluding carboxylic acids is 1. The standard InChI is InChI=1S/C21H32N2O3/c1-21(2,26)10-9-16-7-6-8-17(13-16)20(25)23-14-18(19(24)15-23)22-11-4-3-5-12-22/h6-8,13,18-19,24,26H,3-5,9-12,14-15H2,1-2H3/t18-,19-/m1/s1. The Kier molecular flexibility index (Phi) is 6.00. The third kappa shape index (κ3) is 4.84. The molecular formula is C21H32N2O3. The number of piperidine rings is 1. The van der Waals surface area contributed by atoms with Crippen LogP contribution in [0, 0.1) is 0 Å². The van der Waals surface area contributed by atoms with E-state index in [2.05, 4.69) is 4.90 Å². The molecule has 5 nitrogen and oxygen atoms in total. The molecule has 0 radical (unpaired) electrons. The van der Waals surface area contributed by atoms with E-state index in [-0.39, 0.29) is 11.9 Å². The zero-order chi connectivity index (χ0) is 18.7. The summed E-state index contributed by atoms with van der Waals surface area (Å²) in [6.45, 7) is 6.66. The van der Waals surface area contributed by atoms with Crippen LogP contribution < -0.4 is 0 Å². The van der Waals surface area contributed by atoms with Gasteiger partial charge in [-0.25, -0.2) is 0 Å². The van der Waals surface area contributed by atoms with Crippen LogP contribution in [0.5, 0.6) is 0 Å². The highest BCUT2D eigenvalue weighted by atomic mass is 16.3. The fourth-order valence-corrected chi connectivity index (χ4v) is 4.04. The Balaban J connectivity index is 1.64. The Morgan fingerprint density at radius 1 is 1.19 bits per heavy atom. The van der Waals surface area contributed by atoms with Gasteiger partial charge in [0, 0.05) is 18.7 Å². The smallest absolute Gasteiger partial charge is 0.254 e. The van der Waals surface area contributed by atoms with Crippen LogP contribution in [-0.2, 0) is 6.42 Å². The number of carbonyl (C=O) groups is 1. The summed E-state index contributed by atoms with van der Waals surface area (Å²) >= 11 is 0. The fourth-order valence-electron chi connectivity index (χ4n) is 4.04. The molecule has 2 heterocycles. The number of likely N-dealkylation sites (tertiary alicyclic amines) is 2. The van der Waals surface area contributed by atoms with Gasteiger partial charge in [0.25, 0.3) is 5.91 Å². The highest BCUT2D eigenvalue weighted by Gasteiger charge is 2.38. The van der Waals surface area contributed by atoms with Gasteiger partial charge < -0.3 is 15.1 Å². The minimum atomic E-state index is -0.708. The molecule has 2 atom stereocenters. The molecule has 0 spiro atoms. The summed E-state index contributed by atoms with van der Waals surface area (Å²) in [6.07, 6.45) is 4.56. The van der Waals surface area contributed by atoms with Crippen LogP contribution in [0.2, 0.25) is 0 Å². The molecule has 2 fully saturated rings. The molecular weight excluding hydrogens is 328 g/mol. The Hall–Kier alpha value is -1.43. The second-order valence-corrected chi connectivity index (χ2v) is 8.45. The topological polar surface area (TPSA) is 64.0 Å². The van der Waals surface area contributed by atoms with Gasteiger partial charge in [0.2, 0.25) is 0 Å². The van der Waals surface area contributed by atoms with Crippen molar-refractivity contribution in [3.05, 3.63) is 35.4 Å². The summed E-state index contributed by atoms with van der Waals surface area (Å²) < 4.78 is 0. The lowest BCUT2D eigenvalue weighted by atomic mass is 9.98. The van der Waals surface area contributed by atoms with E-state index >= 15 is 0 Å². The number of nitrogens with zero attached hydrogens (tertiary/aromatic N) is 2. The number of hydrogen-bond acceptors (Lipinski definition) is 4. The minimum absolute atomic E-state index is 0.00586. The summed E-state index contributed by atoms with van der Waals surface area (Å²) in [5.41, 5.74) is 1.02. The predicted molar refractivity (Wildman–Crippen MR) is 102 cm³/mol. The molecule has 2 aliphatic rings. The van der Waals surface area contributed by atoms with E-state index < -0.39 is 11.7 Å². The van der Waals surface area contributed by atoms with Gasteiger partial charge in [-0.05, 0) is 70.3 Å². The summed E-state index contributed by atoms with van der Waals surface area (Å²) in [5.74, 6) is -0.00586. The molecule has 26 heavy (non-hydrogen) atoms. The van der Waals surface area contributed by atoms with E-state index in [4.69, 9.17) is 0 Å². The lowest BCUT2D eigenvalue weighted by Crippen LogP contribution is -2.46. The second kappa shape index (κ2) is 8.07. The van der Waals surface area contributed by atoms with Gasteiger partial charge in [0.05, 0.1) is 17.7 Å². The predicted octanol–water partition coefficient (Wildman–Crippen LogP) is 2.06. The highest BCUT2D eigenvalue weighted by molar-refractivity contribution is 5.94. The number of benzene rings is 1. The van der Waals surface area contributed by atoms with Crippen LogP contribution >= 0.6 is 0 Å². The molecule has 1 aromatic carbocycles. The number of hydrogen-bond donors (Lipinski definition) is 2. The molecule has 2 aliphatic heterocycles. The van der Waals surface area contributed by atoms with E-state index in [0.29, 0.717) is 25.1 Å². The van der Waals surface area contributed by atoms with Gasteiger partial charge in [0.15, 0.2) is 0 Å². The van der Waals surface area contributed by atoms with Crippen LogP contribution in [0.25, 0.3) is 0 Å². The fraction of sp³-hybridized carbons (Fsp3) is 0.667. The number of β-amino-alcohol motifs (C(OH)–C–C–N with tert-alkyl or cyclic N) is 1. The zero-order valence-electron chi connectivity index (χ0n) is 16.0. The molecule has 0 aromatic heterocycles. The second-order valence-electron chi connectivity index (χ2n) is 8.45. The van der Waals surface area contributed by atoms with Crippen molar-refractivity contribution in [1.82, 2.24) is 9.80 Å². The van der Waals surface area contributed by atoms with Crippen molar-refractivity contribution in [3.8, 4) is 0 Å². The third-order valence-corrected chi connectivity index (χ3v) is 5.61. The molecule has 1 aromatic rings. The first-order valence-electron chi connectivity index (χ1n) is 9.86. The molecule has 0 bridgehead atoms. The van der Waals surface area contributed by atoms with Crippen molar-refractivity contribution in [2.75, 3.05) is 26.2 Å². The van der Waals surface area contributed by atoms with Gasteiger partial charge >= 0.3 is 0 Å². The Bertz CT molecular complexity index is 620. The Morgan fingerprint density at radius 3 is 2.62 bits per heavy atom. The van der Waals surface area contributed by atoms with Crippen molar-refractivity contribution in [3.63, 3.8) is 0 Å². The van der Waals surface area contributed by atoms with Gasteiger partial charge in [-0.2, -0.15) is 0 Å². The molecule has 2 saturated heterocycles. The van der Waals surface area contributed by atoms with Crippen LogP contribution in [-0.4, -0.2) is 69.8 Å². The number of aliphatic hydroxyl groups is 2. The third-order valence-electron chi connectivity index (χ3n) is 5.61. The molecule has 2 N–H and O–H groups in total. The lowest BCUT2D eigenvalue weighted by molar-refractivity contribution is 0.0702. The van der Waals surface area contributed by atoms with Gasteiger partial charge in [-0.1, -0.05) is 18.6 Å². The van der Waals surface area contributed by atoms with Crippen molar-refractivity contribution in [2.24, 2.45) is 0 Å². The largest absolute Gasteiger partial charge is 0.390 e. The number of aryl methyl sites for hydroxylation is 1. The Labute approximate surface area is 156 Å². The first-order valence-corrected chi connectivity index (χ1v) is 9.86. The van der Waals surface area contributed by atoms with E-state index in [0.717, 1.165) is 25.1 Å². The Morgan fingerprint density at radius 2 is 1.92 bits per heavy atom. The van der Waals surface area contributed by atoms with Crippen molar-refractivity contribution in [1.29, 1.82) is 0 Å². The average Bonchev–Trinajstić information content (AvgIpc) is 3.01. The first kappa shape index (κ1) is 19.3. The highest BCUT2D eigenvalue weighted by Crippen LogP contribution is 2.23. The molecule has 3 rings (SSSR count). The van der Waals surface area contributed by atoms with Crippen molar-refractivity contribution >= 4 is 5.91 Å². The lowest BCUT2D eigenvalue weighted by Gasteiger charge is -2.33. The molecule has 0 aliphatic carbocycles. The maximum atomic E-state index is 12.9. The van der Waals surface area contributed by atoms with Crippen LogP contribution in [0.3, 0.4) is 0 Å². The molecule has 5 heteroatoms. The number of aliphatic hydroxyl groups excluding tert-OH is 1. The monoisotopic (exact) mass is 360 g/mol. The van der Waals surface area contributed by atoms with E-state index in [1.807, 2.05) is 24.3 Å². The normalized spacial score (nSPS) is 24.8. The summed E-state index contributed by atoms with van der Waals surface area (Å²) in [5, 5.41) is 20.4. The maximum absolute atomic E-state index is 12.9. The zero-order valence-corrected chi connectivity index (χ0v) is 16.0. The van der Waals surface area contributed by atoms with E-state index in [1.165, 1.54) is 19.3 Å². The average molecular weight is 360 g/mol. The first-order chi connectivity index (χ1) is 12.3. The van der Waals surface area contributed by atoms with Crippen LogP contribution in [0.4, 0.5) is 0 Å². The van der Waals surface area contributed by atoms with E-state index in [1.54, 1.807) is 18.7 Å². The molecule has 0 unspecified atom stereocenters. The van der Waals surface area contributed by atoms with Gasteiger partial charge in [-0.3, -0.25) is 9.69 Å². The maximum Gasteiger partial charge on any atom is 0.254 e. The van der Waals surface area contributed by atoms with Gasteiger partial charge in [0.1, 0.15) is 0 Å². The summed E-state index contributed by atoms with van der Waals surface area (Å²) in [7, 11) is 0. The molecule has 0 saturated carbocycles. The minimum Gasteiger partial charge on any atom is -0.390 e. The molecule has 144 valence electrons. The van der Waals surface area contributed by atoms with Crippen LogP contribution in [0.15, 0.2) is 24.3 Å². The summed E-state index contributed by atoms with van der Waals surface area (Å²) in [4.78, 5) is 17.1. The number of rotatable bonds is 5. The van der Waals surface area contributed by atoms with Gasteiger partial charge in [-0.15, -0.1) is 0 Å². The summed E-state index contributed by atoms with van der Waals surface area (Å²) in [6, 6.07) is 7.74. The van der Waals surface area contributed by atoms with Crippen LogP contribution in [0.1, 0.15) is 55.5 Å². The number of amides is 1.